The smallest absolute Gasteiger partial charge is 0.419 e. The molecule has 4 aromatic heterocycles. The van der Waals surface area contributed by atoms with Gasteiger partial charge in [0.25, 0.3) is 11.8 Å². The second kappa shape index (κ2) is 19.9. The van der Waals surface area contributed by atoms with Gasteiger partial charge in [0.2, 0.25) is 0 Å². The van der Waals surface area contributed by atoms with Crippen molar-refractivity contribution < 1.29 is 57.2 Å². The maximum atomic E-state index is 13.8. The van der Waals surface area contributed by atoms with Crippen molar-refractivity contribution in [1.82, 2.24) is 28.9 Å². The first-order valence-corrected chi connectivity index (χ1v) is 24.8. The molecule has 0 saturated carbocycles. The second-order valence-corrected chi connectivity index (χ2v) is 22.6. The molecule has 0 spiro atoms. The van der Waals surface area contributed by atoms with E-state index < -0.39 is 58.6 Å². The molecule has 75 heavy (non-hydrogen) atoms. The van der Waals surface area contributed by atoms with Crippen molar-refractivity contribution >= 4 is 91.1 Å². The Morgan fingerprint density at radius 2 is 1.01 bits per heavy atom. The van der Waals surface area contributed by atoms with Crippen molar-refractivity contribution in [2.75, 3.05) is 20.3 Å². The number of methoxy groups -OCH3 is 1. The monoisotopic (exact) mass is 1040 g/mol. The Hall–Kier alpha value is -7.57. The van der Waals surface area contributed by atoms with Crippen LogP contribution in [-0.4, -0.2) is 108 Å². The molecule has 3 aromatic carbocycles. The van der Waals surface area contributed by atoms with Crippen molar-refractivity contribution in [2.24, 2.45) is 0 Å². The number of amides is 4. The minimum atomic E-state index is -0.797. The number of benzene rings is 3. The van der Waals surface area contributed by atoms with Crippen molar-refractivity contribution in [3.8, 4) is 17.0 Å². The lowest BCUT2D eigenvalue weighted by Gasteiger charge is -2.24. The number of nitrogens with zero attached hydrogens (tertiary/aromatic N) is 6. The summed E-state index contributed by atoms with van der Waals surface area (Å²) in [6, 6.07) is 18.3. The van der Waals surface area contributed by atoms with Crippen molar-refractivity contribution in [3.63, 3.8) is 0 Å². The number of hydrogen-bond donors (Lipinski definition) is 0. The van der Waals surface area contributed by atoms with Crippen molar-refractivity contribution in [1.29, 1.82) is 0 Å². The van der Waals surface area contributed by atoms with Crippen LogP contribution in [0.4, 0.5) is 19.2 Å². The molecular formula is C56H61ClN6O12. The Morgan fingerprint density at radius 1 is 0.560 bits per heavy atom. The van der Waals surface area contributed by atoms with E-state index in [1.807, 2.05) is 36.4 Å². The molecule has 2 aliphatic heterocycles. The summed E-state index contributed by atoms with van der Waals surface area (Å²) in [7, 11) is 1.66. The third-order valence-corrected chi connectivity index (χ3v) is 11.8. The molecule has 0 bridgehead atoms. The first kappa shape index (κ1) is 53.7. The maximum Gasteiger partial charge on any atom is 0.419 e. The summed E-state index contributed by atoms with van der Waals surface area (Å²) in [6.45, 7) is 21.9. The molecule has 0 unspecified atom stereocenters. The number of imide groups is 2. The number of halogens is 1. The fourth-order valence-corrected chi connectivity index (χ4v) is 8.96. The SMILES string of the molecule is CC(C)(C)OC(=O)N1Cc2c(c3ccc4cnc(Cl)cc4c3n2C(=O)OC(C)(C)C)C1=O.COCCCOc1cccc(-c2cc3c(ccc4c5c(n(C(=O)OC(C)(C)C)c43)CN(C(=O)OC(C)(C)C)C5=O)cn2)c1. The third kappa shape index (κ3) is 11.3. The zero-order valence-corrected chi connectivity index (χ0v) is 45.2. The normalized spacial score (nSPS) is 13.8. The quantitative estimate of drug-likeness (QED) is 0.0865. The molecule has 0 aliphatic carbocycles. The molecule has 0 radical (unpaired) electrons. The minimum Gasteiger partial charge on any atom is -0.493 e. The van der Waals surface area contributed by atoms with E-state index in [1.165, 1.54) is 9.13 Å². The number of pyridine rings is 2. The lowest BCUT2D eigenvalue weighted by molar-refractivity contribution is 0.0227. The second-order valence-electron chi connectivity index (χ2n) is 22.2. The van der Waals surface area contributed by atoms with Crippen LogP contribution >= 0.6 is 11.6 Å². The fourth-order valence-electron chi connectivity index (χ4n) is 8.80. The lowest BCUT2D eigenvalue weighted by Crippen LogP contribution is -2.37. The Balaban J connectivity index is 0.000000208. The summed E-state index contributed by atoms with van der Waals surface area (Å²) in [5.41, 5.74) is 0.666. The molecule has 19 heteroatoms. The zero-order chi connectivity index (χ0) is 54.7. The largest absolute Gasteiger partial charge is 0.493 e. The van der Waals surface area contributed by atoms with E-state index in [-0.39, 0.29) is 29.4 Å². The molecule has 7 aromatic rings. The molecule has 18 nitrogen and oxygen atoms in total. The van der Waals surface area contributed by atoms with Gasteiger partial charge in [-0.25, -0.2) is 43.1 Å². The standard InChI is InChI=1S/C33H37N3O7.C23H24ClN3O5/c1-32(2,3)42-30(38)35-19-26-27(29(35)37)23-13-12-21-18-34-25(20-10-8-11-22(16-20)41-15-9-14-40-7)17-24(21)28(23)36(26)31(39)43-33(4,5)6;1-22(2,3)31-20(29)26-11-15-17(19(26)28)13-8-7-12-10-25-16(24)9-14(12)18(13)27(15)21(30)32-23(4,5)6/h8,10-13,16-18H,9,14-15,19H2,1-7H3;7-10H,11H2,1-6H3. The van der Waals surface area contributed by atoms with Crippen LogP contribution in [0.5, 0.6) is 5.75 Å². The Morgan fingerprint density at radius 3 is 1.48 bits per heavy atom. The Bertz CT molecular complexity index is 3480. The van der Waals surface area contributed by atoms with Gasteiger partial charge in [0.05, 0.1) is 58.9 Å². The highest BCUT2D eigenvalue weighted by Gasteiger charge is 2.43. The molecular weight excluding hydrogens is 984 g/mol. The van der Waals surface area contributed by atoms with Gasteiger partial charge in [0.15, 0.2) is 0 Å². The van der Waals surface area contributed by atoms with Gasteiger partial charge in [0.1, 0.15) is 33.3 Å². The Labute approximate surface area is 438 Å². The predicted molar refractivity (Wildman–Crippen MR) is 282 cm³/mol. The number of aromatic nitrogens is 4. The maximum absolute atomic E-state index is 13.8. The first-order chi connectivity index (χ1) is 35.0. The van der Waals surface area contributed by atoms with Crippen LogP contribution in [0.15, 0.2) is 73.1 Å². The van der Waals surface area contributed by atoms with Crippen LogP contribution < -0.4 is 4.74 Å². The number of fused-ring (bicyclic) bond motifs is 10. The van der Waals surface area contributed by atoms with E-state index in [0.717, 1.165) is 32.6 Å². The van der Waals surface area contributed by atoms with E-state index >= 15 is 0 Å². The third-order valence-electron chi connectivity index (χ3n) is 11.6. The highest BCUT2D eigenvalue weighted by Crippen LogP contribution is 2.41. The summed E-state index contributed by atoms with van der Waals surface area (Å²) >= 11 is 6.13. The average molecular weight is 1050 g/mol. The highest BCUT2D eigenvalue weighted by molar-refractivity contribution is 6.31. The topological polar surface area (TPSA) is 200 Å². The van der Waals surface area contributed by atoms with Gasteiger partial charge in [-0.15, -0.1) is 0 Å². The molecule has 0 atom stereocenters. The summed E-state index contributed by atoms with van der Waals surface area (Å²) in [6.07, 6.45) is 1.28. The average Bonchev–Trinajstić information content (AvgIpc) is 4.03. The number of carbonyl (C=O) groups is 6. The molecule has 0 N–H and O–H groups in total. The van der Waals surface area contributed by atoms with E-state index in [0.29, 0.717) is 68.6 Å². The Kier molecular flexibility index (Phi) is 14.3. The van der Waals surface area contributed by atoms with E-state index in [1.54, 1.807) is 127 Å². The number of rotatable bonds is 6. The molecule has 6 heterocycles. The highest BCUT2D eigenvalue weighted by atomic mass is 35.5. The van der Waals surface area contributed by atoms with Crippen LogP contribution in [0.25, 0.3) is 54.6 Å². The summed E-state index contributed by atoms with van der Waals surface area (Å²) < 4.78 is 36.1. The van der Waals surface area contributed by atoms with Gasteiger partial charge in [-0.2, -0.15) is 0 Å². The van der Waals surface area contributed by atoms with Gasteiger partial charge in [-0.1, -0.05) is 48.0 Å². The molecule has 0 saturated heterocycles. The number of carbonyl (C=O) groups excluding carboxylic acids is 6. The molecule has 2 aliphatic rings. The lowest BCUT2D eigenvalue weighted by atomic mass is 10.0. The number of ether oxygens (including phenoxy) is 6. The van der Waals surface area contributed by atoms with E-state index in [9.17, 15) is 28.8 Å². The molecule has 394 valence electrons. The van der Waals surface area contributed by atoms with Crippen LogP contribution in [-0.2, 0) is 36.8 Å². The van der Waals surface area contributed by atoms with Crippen LogP contribution in [0, 0.1) is 0 Å². The summed E-state index contributed by atoms with van der Waals surface area (Å²) in [5, 5.41) is 4.21. The van der Waals surface area contributed by atoms with Gasteiger partial charge in [-0.05, 0) is 107 Å². The van der Waals surface area contributed by atoms with E-state index in [4.69, 9.17) is 40.0 Å². The molecule has 4 amide bonds. The minimum absolute atomic E-state index is 0.114. The van der Waals surface area contributed by atoms with Crippen LogP contribution in [0.2, 0.25) is 5.15 Å². The summed E-state index contributed by atoms with van der Waals surface area (Å²) in [4.78, 5) is 90.4. The molecule has 0 fully saturated rings. The van der Waals surface area contributed by atoms with Crippen LogP contribution in [0.3, 0.4) is 0 Å². The predicted octanol–water partition coefficient (Wildman–Crippen LogP) is 12.5. The van der Waals surface area contributed by atoms with E-state index in [2.05, 4.69) is 9.97 Å². The van der Waals surface area contributed by atoms with Gasteiger partial charge in [-0.3, -0.25) is 14.6 Å². The first-order valence-electron chi connectivity index (χ1n) is 24.4. The summed E-state index contributed by atoms with van der Waals surface area (Å²) in [5.74, 6) is -0.345. The zero-order valence-electron chi connectivity index (χ0n) is 44.4. The van der Waals surface area contributed by atoms with Gasteiger partial charge >= 0.3 is 24.4 Å². The molecule has 9 rings (SSSR count). The van der Waals surface area contributed by atoms with Gasteiger partial charge in [0, 0.05) is 70.4 Å². The van der Waals surface area contributed by atoms with Crippen LogP contribution in [0.1, 0.15) is 122 Å². The fraction of sp³-hybridized carbons (Fsp3) is 0.393. The van der Waals surface area contributed by atoms with Crippen molar-refractivity contribution in [3.05, 3.63) is 101 Å². The van der Waals surface area contributed by atoms with Gasteiger partial charge < -0.3 is 28.4 Å². The van der Waals surface area contributed by atoms with Crippen molar-refractivity contribution in [2.45, 2.75) is 125 Å². The number of hydrogen-bond acceptors (Lipinski definition) is 14.